The van der Waals surface area contributed by atoms with E-state index in [2.05, 4.69) is 5.32 Å². The maximum absolute atomic E-state index is 12.9. The van der Waals surface area contributed by atoms with E-state index < -0.39 is 23.6 Å². The summed E-state index contributed by atoms with van der Waals surface area (Å²) in [7, 11) is 0. The van der Waals surface area contributed by atoms with E-state index in [1.54, 1.807) is 6.92 Å². The summed E-state index contributed by atoms with van der Waals surface area (Å²) < 4.78 is 43.9. The molecule has 0 saturated heterocycles. The van der Waals surface area contributed by atoms with Gasteiger partial charge in [-0.3, -0.25) is 4.79 Å². The van der Waals surface area contributed by atoms with Gasteiger partial charge in [-0.05, 0) is 48.9 Å². The van der Waals surface area contributed by atoms with Crippen molar-refractivity contribution in [2.75, 3.05) is 5.32 Å². The van der Waals surface area contributed by atoms with Gasteiger partial charge in [-0.1, -0.05) is 18.2 Å². The Kier molecular flexibility index (Phi) is 4.96. The number of carboxylic acids is 1. The quantitative estimate of drug-likeness (QED) is 0.641. The molecule has 0 aliphatic rings. The predicted octanol–water partition coefficient (Wildman–Crippen LogP) is 5.22. The van der Waals surface area contributed by atoms with Crippen molar-refractivity contribution in [2.45, 2.75) is 13.1 Å². The number of alkyl halides is 3. The van der Waals surface area contributed by atoms with Gasteiger partial charge in [0.2, 0.25) is 0 Å². The fourth-order valence-electron chi connectivity index (χ4n) is 2.65. The second kappa shape index (κ2) is 7.22. The third-order valence-corrected chi connectivity index (χ3v) is 4.12. The lowest BCUT2D eigenvalue weighted by molar-refractivity contribution is -0.137. The first kappa shape index (κ1) is 19.2. The molecule has 28 heavy (non-hydrogen) atoms. The van der Waals surface area contributed by atoms with Gasteiger partial charge in [-0.2, -0.15) is 13.2 Å². The standard InChI is InChI=1S/C20H14F3NO4/c1-11-14(19(26)27)6-3-7-15(11)24-18(25)17-9-8-16(28-17)12-4-2-5-13(10-12)20(21,22)23/h2-10H,1H3,(H,24,25)(H,26,27). The molecular formula is C20H14F3NO4. The van der Waals surface area contributed by atoms with E-state index in [0.29, 0.717) is 11.3 Å². The molecule has 1 aromatic heterocycles. The number of halogens is 3. The van der Waals surface area contributed by atoms with Crippen LogP contribution in [0.3, 0.4) is 0 Å². The fourth-order valence-corrected chi connectivity index (χ4v) is 2.65. The number of carboxylic acid groups (broad SMARTS) is 1. The highest BCUT2D eigenvalue weighted by Gasteiger charge is 2.30. The van der Waals surface area contributed by atoms with Gasteiger partial charge in [0, 0.05) is 11.3 Å². The van der Waals surface area contributed by atoms with Gasteiger partial charge < -0.3 is 14.8 Å². The van der Waals surface area contributed by atoms with Crippen LogP contribution in [0.2, 0.25) is 0 Å². The van der Waals surface area contributed by atoms with E-state index in [4.69, 9.17) is 9.52 Å². The van der Waals surface area contributed by atoms with Crippen molar-refractivity contribution < 1.29 is 32.3 Å². The summed E-state index contributed by atoms with van der Waals surface area (Å²) >= 11 is 0. The summed E-state index contributed by atoms with van der Waals surface area (Å²) in [5, 5.41) is 11.7. The Labute approximate surface area is 157 Å². The minimum atomic E-state index is -4.49. The zero-order valence-electron chi connectivity index (χ0n) is 14.5. The van der Waals surface area contributed by atoms with E-state index in [9.17, 15) is 22.8 Å². The average molecular weight is 389 g/mol. The van der Waals surface area contributed by atoms with Crippen LogP contribution in [0.5, 0.6) is 0 Å². The molecule has 1 amide bonds. The van der Waals surface area contributed by atoms with Crippen LogP contribution < -0.4 is 5.32 Å². The SMILES string of the molecule is Cc1c(NC(=O)c2ccc(-c3cccc(C(F)(F)F)c3)o2)cccc1C(=O)O. The molecule has 5 nitrogen and oxygen atoms in total. The highest BCUT2D eigenvalue weighted by Crippen LogP contribution is 2.32. The van der Waals surface area contributed by atoms with E-state index in [1.807, 2.05) is 0 Å². The van der Waals surface area contributed by atoms with Crippen molar-refractivity contribution in [1.82, 2.24) is 0 Å². The number of nitrogens with one attached hydrogen (secondary N) is 1. The number of carbonyl (C=O) groups is 2. The van der Waals surface area contributed by atoms with Crippen molar-refractivity contribution >= 4 is 17.6 Å². The van der Waals surface area contributed by atoms with Gasteiger partial charge in [0.1, 0.15) is 5.76 Å². The van der Waals surface area contributed by atoms with E-state index in [-0.39, 0.29) is 22.6 Å². The molecule has 8 heteroatoms. The molecule has 0 saturated carbocycles. The molecule has 0 atom stereocenters. The number of benzene rings is 2. The molecule has 144 valence electrons. The highest BCUT2D eigenvalue weighted by molar-refractivity contribution is 6.04. The first-order valence-corrected chi connectivity index (χ1v) is 8.08. The van der Waals surface area contributed by atoms with Gasteiger partial charge in [-0.15, -0.1) is 0 Å². The summed E-state index contributed by atoms with van der Waals surface area (Å²) in [6.07, 6.45) is -4.49. The molecule has 3 aromatic rings. The van der Waals surface area contributed by atoms with Gasteiger partial charge in [0.25, 0.3) is 5.91 Å². The molecule has 0 bridgehead atoms. The van der Waals surface area contributed by atoms with Gasteiger partial charge in [0.05, 0.1) is 11.1 Å². The normalized spacial score (nSPS) is 11.3. The summed E-state index contributed by atoms with van der Waals surface area (Å²) in [6, 6.07) is 11.7. The maximum atomic E-state index is 12.9. The molecule has 0 spiro atoms. The van der Waals surface area contributed by atoms with Crippen LogP contribution in [0.15, 0.2) is 59.0 Å². The zero-order valence-corrected chi connectivity index (χ0v) is 14.5. The third kappa shape index (κ3) is 3.90. The minimum absolute atomic E-state index is 0.0434. The average Bonchev–Trinajstić information content (AvgIpc) is 3.13. The van der Waals surface area contributed by atoms with Crippen LogP contribution in [0.1, 0.15) is 32.0 Å². The lowest BCUT2D eigenvalue weighted by atomic mass is 10.1. The van der Waals surface area contributed by atoms with Gasteiger partial charge in [-0.25, -0.2) is 4.79 Å². The summed E-state index contributed by atoms with van der Waals surface area (Å²) in [5.74, 6) is -1.79. The van der Waals surface area contributed by atoms with Crippen molar-refractivity contribution in [3.05, 3.63) is 77.0 Å². The largest absolute Gasteiger partial charge is 0.478 e. The van der Waals surface area contributed by atoms with Crippen molar-refractivity contribution in [1.29, 1.82) is 0 Å². The van der Waals surface area contributed by atoms with Crippen molar-refractivity contribution in [3.63, 3.8) is 0 Å². The third-order valence-electron chi connectivity index (χ3n) is 4.12. The number of hydrogen-bond donors (Lipinski definition) is 2. The Morgan fingerprint density at radius 2 is 1.75 bits per heavy atom. The smallest absolute Gasteiger partial charge is 0.416 e. The van der Waals surface area contributed by atoms with Crippen LogP contribution in [-0.2, 0) is 6.18 Å². The number of aromatic carboxylic acids is 1. The molecule has 0 aliphatic carbocycles. The summed E-state index contributed by atoms with van der Waals surface area (Å²) in [4.78, 5) is 23.6. The topological polar surface area (TPSA) is 79.5 Å². The number of amides is 1. The number of anilines is 1. The molecule has 0 unspecified atom stereocenters. The molecule has 2 N–H and O–H groups in total. The second-order valence-corrected chi connectivity index (χ2v) is 5.98. The van der Waals surface area contributed by atoms with Crippen LogP contribution in [0.25, 0.3) is 11.3 Å². The number of carbonyl (C=O) groups excluding carboxylic acids is 1. The highest BCUT2D eigenvalue weighted by atomic mass is 19.4. The lowest BCUT2D eigenvalue weighted by Gasteiger charge is -2.09. The van der Waals surface area contributed by atoms with E-state index in [0.717, 1.165) is 12.1 Å². The molecule has 3 rings (SSSR count). The van der Waals surface area contributed by atoms with Crippen LogP contribution in [0, 0.1) is 6.92 Å². The molecule has 2 aromatic carbocycles. The Morgan fingerprint density at radius 3 is 2.43 bits per heavy atom. The molecule has 0 radical (unpaired) electrons. The van der Waals surface area contributed by atoms with E-state index in [1.165, 1.54) is 42.5 Å². The lowest BCUT2D eigenvalue weighted by Crippen LogP contribution is -2.13. The Hall–Kier alpha value is -3.55. The van der Waals surface area contributed by atoms with E-state index >= 15 is 0 Å². The summed E-state index contributed by atoms with van der Waals surface area (Å²) in [5.41, 5.74) is 0.0586. The van der Waals surface area contributed by atoms with Crippen LogP contribution >= 0.6 is 0 Å². The van der Waals surface area contributed by atoms with Crippen molar-refractivity contribution in [2.24, 2.45) is 0 Å². The van der Waals surface area contributed by atoms with Gasteiger partial charge >= 0.3 is 12.1 Å². The molecule has 1 heterocycles. The number of hydrogen-bond acceptors (Lipinski definition) is 3. The second-order valence-electron chi connectivity index (χ2n) is 5.98. The molecule has 0 aliphatic heterocycles. The maximum Gasteiger partial charge on any atom is 0.416 e. The first-order chi connectivity index (χ1) is 13.2. The number of furan rings is 1. The summed E-state index contributed by atoms with van der Waals surface area (Å²) in [6.45, 7) is 1.55. The Bertz CT molecular complexity index is 1050. The van der Waals surface area contributed by atoms with Crippen molar-refractivity contribution in [3.8, 4) is 11.3 Å². The minimum Gasteiger partial charge on any atom is -0.478 e. The first-order valence-electron chi connectivity index (χ1n) is 8.08. The molecule has 0 fully saturated rings. The zero-order chi connectivity index (χ0) is 20.5. The molecular weight excluding hydrogens is 375 g/mol. The number of rotatable bonds is 4. The fraction of sp³-hybridized carbons (Fsp3) is 0.100. The Morgan fingerprint density at radius 1 is 1.04 bits per heavy atom. The van der Waals surface area contributed by atoms with Crippen LogP contribution in [0.4, 0.5) is 18.9 Å². The van der Waals surface area contributed by atoms with Crippen LogP contribution in [-0.4, -0.2) is 17.0 Å². The monoisotopic (exact) mass is 389 g/mol. The predicted molar refractivity (Wildman–Crippen MR) is 95.2 cm³/mol. The Balaban J connectivity index is 1.84. The van der Waals surface area contributed by atoms with Gasteiger partial charge in [0.15, 0.2) is 5.76 Å².